The zero-order valence-electron chi connectivity index (χ0n) is 23.4. The fourth-order valence-corrected chi connectivity index (χ4v) is 7.49. The fraction of sp³-hybridized carbons (Fsp3) is 0.524. The molecule has 3 saturated heterocycles. The number of anilines is 2. The van der Waals surface area contributed by atoms with Crippen molar-refractivity contribution < 1.29 is 50.7 Å². The molecule has 3 fully saturated rings. The van der Waals surface area contributed by atoms with Crippen molar-refractivity contribution in [2.75, 3.05) is 31.8 Å². The molecule has 244 valence electrons. The van der Waals surface area contributed by atoms with Gasteiger partial charge >= 0.3 is 7.82 Å². The fourth-order valence-electron chi connectivity index (χ4n) is 5.56. The highest BCUT2D eigenvalue weighted by Crippen LogP contribution is 2.54. The average molecular weight is 684 g/mol. The topological polar surface area (TPSA) is 278 Å². The Kier molecular flexibility index (Phi) is 7.75. The van der Waals surface area contributed by atoms with Crippen LogP contribution < -0.4 is 17.0 Å². The summed E-state index contributed by atoms with van der Waals surface area (Å²) in [6.07, 6.45) is -8.52. The van der Waals surface area contributed by atoms with Crippen LogP contribution in [0.4, 0.5) is 16.2 Å². The van der Waals surface area contributed by atoms with E-state index in [9.17, 15) is 18.8 Å². The third-order valence-electron chi connectivity index (χ3n) is 7.55. The van der Waals surface area contributed by atoms with Gasteiger partial charge in [-0.05, 0) is 0 Å². The number of phosphoric acid groups is 1. The Labute approximate surface area is 257 Å². The van der Waals surface area contributed by atoms with Crippen molar-refractivity contribution >= 4 is 57.0 Å². The van der Waals surface area contributed by atoms with Crippen LogP contribution in [0.25, 0.3) is 22.3 Å². The number of nitrogen functional groups attached to an aromatic ring is 2. The highest BCUT2D eigenvalue weighted by molar-refractivity contribution is 7.79. The van der Waals surface area contributed by atoms with E-state index < -0.39 is 83.2 Å². The number of nitrogens with one attached hydrogen (secondary N) is 1. The molecule has 0 aromatic carbocycles. The smallest absolute Gasteiger partial charge is 0.382 e. The molecule has 7 heterocycles. The summed E-state index contributed by atoms with van der Waals surface area (Å²) < 4.78 is 84.1. The Bertz CT molecular complexity index is 1960. The average Bonchev–Trinajstić information content (AvgIpc) is 3.75. The maximum absolute atomic E-state index is 16.0. The van der Waals surface area contributed by atoms with Crippen LogP contribution in [0.5, 0.6) is 0 Å². The zero-order valence-corrected chi connectivity index (χ0v) is 25.2. The van der Waals surface area contributed by atoms with Crippen molar-refractivity contribution in [3.05, 3.63) is 29.3 Å². The number of nitrogens with two attached hydrogens (primary N) is 2. The predicted octanol–water partition coefficient (Wildman–Crippen LogP) is -0.534. The Hall–Kier alpha value is -3.37. The minimum Gasteiger partial charge on any atom is -0.382 e. The first kappa shape index (κ1) is 31.2. The summed E-state index contributed by atoms with van der Waals surface area (Å²) in [5, 5.41) is 0. The van der Waals surface area contributed by atoms with Gasteiger partial charge in [0, 0.05) is 7.11 Å². The van der Waals surface area contributed by atoms with E-state index in [1.165, 1.54) is 28.9 Å². The molecular weight excluding hydrogens is 660 g/mol. The Morgan fingerprint density at radius 3 is 2.46 bits per heavy atom. The lowest BCUT2D eigenvalue weighted by Crippen LogP contribution is -2.37. The van der Waals surface area contributed by atoms with Crippen LogP contribution in [0.1, 0.15) is 12.5 Å². The van der Waals surface area contributed by atoms with Crippen molar-refractivity contribution in [3.8, 4) is 0 Å². The number of ether oxygens (including phenoxy) is 3. The maximum Gasteiger partial charge on any atom is 0.472 e. The minimum absolute atomic E-state index is 0.0248. The first-order valence-corrected chi connectivity index (χ1v) is 16.5. The van der Waals surface area contributed by atoms with Gasteiger partial charge in [0.1, 0.15) is 42.4 Å². The number of hydrogen-bond acceptors (Lipinski definition) is 17. The summed E-state index contributed by atoms with van der Waals surface area (Å²) >= 11 is 0. The zero-order chi connectivity index (χ0) is 32.5. The molecule has 4 aromatic heterocycles. The lowest BCUT2D eigenvalue weighted by atomic mass is 10.1. The number of nitrogens with zero attached hydrogens (tertiary/aromatic N) is 7. The number of aromatic nitrogens is 8. The number of phosphoric ester groups is 1. The number of aromatic amines is 1. The highest BCUT2D eigenvalue weighted by Gasteiger charge is 2.54. The summed E-state index contributed by atoms with van der Waals surface area (Å²) in [6, 6.07) is 0. The molecule has 6 N–H and O–H groups in total. The maximum atomic E-state index is 16.0. The van der Waals surface area contributed by atoms with Gasteiger partial charge in [0.2, 0.25) is 13.5 Å². The van der Waals surface area contributed by atoms with E-state index in [4.69, 9.17) is 51.3 Å². The summed E-state index contributed by atoms with van der Waals surface area (Å²) in [7, 11) is -2.53. The minimum atomic E-state index is -5.06. The summed E-state index contributed by atoms with van der Waals surface area (Å²) in [4.78, 5) is 45.6. The molecule has 9 unspecified atom stereocenters. The van der Waals surface area contributed by atoms with Crippen LogP contribution in [0.2, 0.25) is 0 Å². The number of halogens is 1. The number of hydrogen-bond donors (Lipinski definition) is 4. The second-order valence-electron chi connectivity index (χ2n) is 10.4. The molecular formula is C21H24BFN10O11P2. The van der Waals surface area contributed by atoms with E-state index in [0.29, 0.717) is 0 Å². The molecule has 4 aromatic rings. The van der Waals surface area contributed by atoms with Gasteiger partial charge in [-0.15, -0.1) is 0 Å². The molecule has 21 nitrogen and oxygen atoms in total. The van der Waals surface area contributed by atoms with Gasteiger partial charge in [0.05, 0.1) is 25.9 Å². The SMILES string of the molecule is [B][P@]1(=O)OCC2OC(n3cnc4c(=O)[nH]c(N)nc43)C(OP(=O)(O)OCC3OC(n4cnc5c(N)ncnc54)C(F)C3O1)C2OC. The first-order chi connectivity index (χ1) is 21.9. The highest BCUT2D eigenvalue weighted by atomic mass is 31.2. The van der Waals surface area contributed by atoms with Gasteiger partial charge < -0.3 is 39.6 Å². The van der Waals surface area contributed by atoms with Crippen molar-refractivity contribution in [3.63, 3.8) is 0 Å². The van der Waals surface area contributed by atoms with Gasteiger partial charge in [-0.25, -0.2) is 28.9 Å². The Balaban J connectivity index is 1.22. The number of alkyl halides is 1. The second-order valence-corrected chi connectivity index (χ2v) is 13.3. The second kappa shape index (κ2) is 11.4. The van der Waals surface area contributed by atoms with E-state index >= 15 is 4.39 Å². The van der Waals surface area contributed by atoms with E-state index in [1.54, 1.807) is 0 Å². The molecule has 2 radical (unpaired) electrons. The molecule has 3 aliphatic rings. The summed E-state index contributed by atoms with van der Waals surface area (Å²) in [5.41, 5.74) is 11.0. The van der Waals surface area contributed by atoms with E-state index in [-0.39, 0.29) is 34.1 Å². The van der Waals surface area contributed by atoms with Gasteiger partial charge in [-0.1, -0.05) is 0 Å². The molecule has 7 rings (SSSR count). The van der Waals surface area contributed by atoms with E-state index in [0.717, 1.165) is 6.33 Å². The third kappa shape index (κ3) is 5.41. The molecule has 10 atom stereocenters. The van der Waals surface area contributed by atoms with E-state index in [1.807, 2.05) is 0 Å². The monoisotopic (exact) mass is 684 g/mol. The van der Waals surface area contributed by atoms with Gasteiger partial charge in [0.25, 0.3) is 13.0 Å². The van der Waals surface area contributed by atoms with Crippen LogP contribution >= 0.6 is 15.3 Å². The number of imidazole rings is 2. The lowest BCUT2D eigenvalue weighted by molar-refractivity contribution is -0.0630. The van der Waals surface area contributed by atoms with Crippen LogP contribution in [0, 0.1) is 0 Å². The molecule has 0 amide bonds. The first-order valence-electron chi connectivity index (χ1n) is 13.4. The predicted molar refractivity (Wildman–Crippen MR) is 151 cm³/mol. The quantitative estimate of drug-likeness (QED) is 0.156. The molecule has 0 aliphatic carbocycles. The number of H-pyrrole nitrogens is 1. The Morgan fingerprint density at radius 1 is 1.00 bits per heavy atom. The van der Waals surface area contributed by atoms with Crippen molar-refractivity contribution in [1.29, 1.82) is 0 Å². The molecule has 0 spiro atoms. The standard InChI is InChI=1S/C21H24BFN10O11P2/c1-38-13-8-2-39-45(22,35)43-12-7(41-19(9(12)23)32-5-28-10-15(24)26-4-27-16(10)32)3-40-46(36,37)44-14(13)20(42-8)33-6-29-11-17(33)30-21(25)31-18(11)34/h4-9,12-14,19-20H,2-3H2,1H3,(H,36,37)(H2,24,26,27)(H3,25,30,31,34)/t7?,8?,9?,12?,13?,14?,19?,20?,45-/m0/s1. The van der Waals surface area contributed by atoms with Crippen molar-refractivity contribution in [2.45, 2.75) is 49.1 Å². The molecule has 25 heteroatoms. The Morgan fingerprint density at radius 2 is 1.70 bits per heavy atom. The molecule has 3 aliphatic heterocycles. The van der Waals surface area contributed by atoms with Crippen LogP contribution in [0.3, 0.4) is 0 Å². The number of methoxy groups -OCH3 is 1. The normalized spacial score (nSPS) is 37.1. The molecule has 46 heavy (non-hydrogen) atoms. The van der Waals surface area contributed by atoms with Crippen LogP contribution in [0.15, 0.2) is 23.8 Å². The van der Waals surface area contributed by atoms with Crippen LogP contribution in [-0.4, -0.2) is 109 Å². The van der Waals surface area contributed by atoms with Gasteiger partial charge in [-0.2, -0.15) is 4.98 Å². The number of rotatable bonds is 3. The van der Waals surface area contributed by atoms with Gasteiger partial charge in [0.15, 0.2) is 41.3 Å². The third-order valence-corrected chi connectivity index (χ3v) is 9.59. The summed E-state index contributed by atoms with van der Waals surface area (Å²) in [5.74, 6) is -0.218. The molecule has 2 bridgehead atoms. The largest absolute Gasteiger partial charge is 0.472 e. The lowest BCUT2D eigenvalue weighted by Gasteiger charge is -2.26. The van der Waals surface area contributed by atoms with Crippen LogP contribution in [-0.2, 0) is 41.4 Å². The summed E-state index contributed by atoms with van der Waals surface area (Å²) in [6.45, 7) is -1.41. The number of fused-ring (bicyclic) bond motifs is 5. The molecule has 0 saturated carbocycles. The van der Waals surface area contributed by atoms with E-state index in [2.05, 4.69) is 29.9 Å². The van der Waals surface area contributed by atoms with Gasteiger partial charge in [-0.3, -0.25) is 32.5 Å². The van der Waals surface area contributed by atoms with Crippen molar-refractivity contribution in [2.24, 2.45) is 0 Å². The van der Waals surface area contributed by atoms with Crippen molar-refractivity contribution in [1.82, 2.24) is 39.0 Å².